The van der Waals surface area contributed by atoms with Crippen LogP contribution in [-0.4, -0.2) is 39.6 Å². The summed E-state index contributed by atoms with van der Waals surface area (Å²) < 4.78 is 1.87. The van der Waals surface area contributed by atoms with E-state index in [1.54, 1.807) is 6.20 Å². The van der Waals surface area contributed by atoms with Crippen LogP contribution >= 0.6 is 11.6 Å². The van der Waals surface area contributed by atoms with Crippen molar-refractivity contribution in [2.24, 2.45) is 11.8 Å². The quantitative estimate of drug-likeness (QED) is 0.608. The molecule has 2 fully saturated rings. The minimum absolute atomic E-state index is 0.000443. The zero-order valence-corrected chi connectivity index (χ0v) is 19.3. The summed E-state index contributed by atoms with van der Waals surface area (Å²) in [7, 11) is 0. The topological polar surface area (TPSA) is 62.5 Å². The lowest BCUT2D eigenvalue weighted by atomic mass is 9.87. The third-order valence-electron chi connectivity index (χ3n) is 6.94. The van der Waals surface area contributed by atoms with Gasteiger partial charge in [0.15, 0.2) is 5.82 Å². The number of nitrogens with zero attached hydrogens (tertiary/aromatic N) is 4. The third kappa shape index (κ3) is 4.46. The lowest BCUT2D eigenvalue weighted by Gasteiger charge is -2.34. The second kappa shape index (κ2) is 9.10. The van der Waals surface area contributed by atoms with Crippen LogP contribution in [0, 0.1) is 11.8 Å². The maximum Gasteiger partial charge on any atom is 0.225 e. The van der Waals surface area contributed by atoms with E-state index in [0.717, 1.165) is 60.7 Å². The van der Waals surface area contributed by atoms with Crippen LogP contribution in [0.4, 0.5) is 5.82 Å². The van der Waals surface area contributed by atoms with Crippen LogP contribution in [0.25, 0.3) is 16.8 Å². The Kier molecular flexibility index (Phi) is 6.05. The molecule has 3 heterocycles. The smallest absolute Gasteiger partial charge is 0.225 e. The fourth-order valence-corrected chi connectivity index (χ4v) is 5.24. The van der Waals surface area contributed by atoms with E-state index in [-0.39, 0.29) is 11.8 Å². The average Bonchev–Trinajstić information content (AvgIpc) is 3.25. The highest BCUT2D eigenvalue weighted by molar-refractivity contribution is 6.30. The normalized spacial score (nSPS) is 23.9. The molecule has 0 bridgehead atoms. The van der Waals surface area contributed by atoms with Crippen molar-refractivity contribution < 1.29 is 4.79 Å². The second-order valence-electron chi connectivity index (χ2n) is 9.37. The molecule has 3 aromatic rings. The number of carbonyl (C=O) groups is 1. The number of piperidine rings is 1. The fraction of sp³-hybridized carbons (Fsp3) is 0.480. The molecule has 1 amide bonds. The largest absolute Gasteiger partial charge is 0.354 e. The lowest BCUT2D eigenvalue weighted by Crippen LogP contribution is -2.47. The molecule has 32 heavy (non-hydrogen) atoms. The Morgan fingerprint density at radius 1 is 1.16 bits per heavy atom. The number of rotatable bonds is 4. The Morgan fingerprint density at radius 3 is 2.81 bits per heavy atom. The van der Waals surface area contributed by atoms with E-state index in [1.165, 1.54) is 12.8 Å². The van der Waals surface area contributed by atoms with Gasteiger partial charge < -0.3 is 10.2 Å². The number of nitrogens with one attached hydrogen (secondary N) is 1. The van der Waals surface area contributed by atoms with Crippen molar-refractivity contribution in [3.63, 3.8) is 0 Å². The van der Waals surface area contributed by atoms with Crippen molar-refractivity contribution in [2.75, 3.05) is 18.0 Å². The molecule has 1 N–H and O–H groups in total. The maximum absolute atomic E-state index is 13.0. The summed E-state index contributed by atoms with van der Waals surface area (Å²) in [4.78, 5) is 19.9. The zero-order chi connectivity index (χ0) is 22.1. The SMILES string of the molecule is CC1CCC(NC(=O)[C@H]2CCCN(c3nccn4nc(-c5cccc(Cl)c5)cc34)C2)CC1. The number of halogens is 1. The van der Waals surface area contributed by atoms with Crippen molar-refractivity contribution in [1.82, 2.24) is 19.9 Å². The molecule has 1 aliphatic heterocycles. The first-order chi connectivity index (χ1) is 15.6. The summed E-state index contributed by atoms with van der Waals surface area (Å²) in [5.74, 6) is 1.87. The molecule has 1 saturated carbocycles. The monoisotopic (exact) mass is 451 g/mol. The maximum atomic E-state index is 13.0. The molecule has 6 nitrogen and oxygen atoms in total. The van der Waals surface area contributed by atoms with Gasteiger partial charge >= 0.3 is 0 Å². The first kappa shape index (κ1) is 21.3. The second-order valence-corrected chi connectivity index (χ2v) is 9.81. The Hall–Kier alpha value is -2.60. The van der Waals surface area contributed by atoms with Crippen molar-refractivity contribution in [1.29, 1.82) is 0 Å². The number of fused-ring (bicyclic) bond motifs is 1. The molecule has 7 heteroatoms. The Balaban J connectivity index is 1.34. The highest BCUT2D eigenvalue weighted by Crippen LogP contribution is 2.30. The van der Waals surface area contributed by atoms with Gasteiger partial charge in [0.2, 0.25) is 5.91 Å². The molecule has 0 unspecified atom stereocenters. The highest BCUT2D eigenvalue weighted by Gasteiger charge is 2.30. The molecule has 5 rings (SSSR count). The van der Waals surface area contributed by atoms with E-state index < -0.39 is 0 Å². The van der Waals surface area contributed by atoms with Gasteiger partial charge in [-0.25, -0.2) is 9.50 Å². The van der Waals surface area contributed by atoms with Crippen LogP contribution in [0.15, 0.2) is 42.7 Å². The van der Waals surface area contributed by atoms with Crippen molar-refractivity contribution in [3.8, 4) is 11.3 Å². The molecule has 0 spiro atoms. The van der Waals surface area contributed by atoms with Crippen LogP contribution < -0.4 is 10.2 Å². The number of amides is 1. The van der Waals surface area contributed by atoms with Crippen LogP contribution in [0.1, 0.15) is 45.4 Å². The molecule has 1 aliphatic carbocycles. The molecule has 1 saturated heterocycles. The summed E-state index contributed by atoms with van der Waals surface area (Å²) in [6, 6.07) is 10.1. The van der Waals surface area contributed by atoms with Crippen LogP contribution in [0.2, 0.25) is 5.02 Å². The first-order valence-electron chi connectivity index (χ1n) is 11.7. The number of benzene rings is 1. The lowest BCUT2D eigenvalue weighted by molar-refractivity contribution is -0.126. The molecule has 1 atom stereocenters. The summed E-state index contributed by atoms with van der Waals surface area (Å²) in [5, 5.41) is 8.75. The van der Waals surface area contributed by atoms with Gasteiger partial charge in [0.1, 0.15) is 5.52 Å². The predicted octanol–water partition coefficient (Wildman–Crippen LogP) is 4.96. The van der Waals surface area contributed by atoms with E-state index >= 15 is 0 Å². The van der Waals surface area contributed by atoms with Gasteiger partial charge in [0.25, 0.3) is 0 Å². The first-order valence-corrected chi connectivity index (χ1v) is 12.1. The van der Waals surface area contributed by atoms with Crippen LogP contribution in [0.5, 0.6) is 0 Å². The van der Waals surface area contributed by atoms with Crippen molar-refractivity contribution >= 4 is 28.8 Å². The number of anilines is 1. The van der Waals surface area contributed by atoms with Crippen LogP contribution in [0.3, 0.4) is 0 Å². The van der Waals surface area contributed by atoms with E-state index in [0.29, 0.717) is 17.6 Å². The molecule has 2 aromatic heterocycles. The zero-order valence-electron chi connectivity index (χ0n) is 18.5. The number of hydrogen-bond acceptors (Lipinski definition) is 4. The van der Waals surface area contributed by atoms with Gasteiger partial charge in [-0.1, -0.05) is 30.7 Å². The number of hydrogen-bond donors (Lipinski definition) is 1. The van der Waals surface area contributed by atoms with Crippen LogP contribution in [-0.2, 0) is 4.79 Å². The predicted molar refractivity (Wildman–Crippen MR) is 128 cm³/mol. The van der Waals surface area contributed by atoms with Gasteiger partial charge in [-0.15, -0.1) is 0 Å². The van der Waals surface area contributed by atoms with E-state index in [2.05, 4.69) is 28.2 Å². The van der Waals surface area contributed by atoms with Gasteiger partial charge in [0, 0.05) is 42.1 Å². The summed E-state index contributed by atoms with van der Waals surface area (Å²) in [5.41, 5.74) is 2.79. The fourth-order valence-electron chi connectivity index (χ4n) is 5.05. The number of aromatic nitrogens is 3. The minimum atomic E-state index is 0.000443. The van der Waals surface area contributed by atoms with E-state index in [9.17, 15) is 4.79 Å². The number of carbonyl (C=O) groups excluding carboxylic acids is 1. The summed E-state index contributed by atoms with van der Waals surface area (Å²) in [6.07, 6.45) is 10.2. The average molecular weight is 452 g/mol. The summed E-state index contributed by atoms with van der Waals surface area (Å²) in [6.45, 7) is 3.90. The molecule has 2 aliphatic rings. The molecule has 168 valence electrons. The van der Waals surface area contributed by atoms with Gasteiger partial charge in [-0.2, -0.15) is 5.10 Å². The Labute approximate surface area is 194 Å². The Morgan fingerprint density at radius 2 is 2.00 bits per heavy atom. The molecule has 0 radical (unpaired) electrons. The molecular weight excluding hydrogens is 422 g/mol. The minimum Gasteiger partial charge on any atom is -0.354 e. The van der Waals surface area contributed by atoms with E-state index in [4.69, 9.17) is 16.7 Å². The Bertz CT molecular complexity index is 1100. The van der Waals surface area contributed by atoms with Gasteiger partial charge in [0.05, 0.1) is 11.6 Å². The van der Waals surface area contributed by atoms with E-state index in [1.807, 2.05) is 35.0 Å². The molecular formula is C25H30ClN5O. The summed E-state index contributed by atoms with van der Waals surface area (Å²) >= 11 is 6.18. The highest BCUT2D eigenvalue weighted by atomic mass is 35.5. The third-order valence-corrected chi connectivity index (χ3v) is 7.18. The van der Waals surface area contributed by atoms with Gasteiger partial charge in [-0.3, -0.25) is 4.79 Å². The van der Waals surface area contributed by atoms with Crippen molar-refractivity contribution in [2.45, 2.75) is 51.5 Å². The van der Waals surface area contributed by atoms with Gasteiger partial charge in [-0.05, 0) is 62.6 Å². The molecule has 1 aromatic carbocycles. The standard InChI is InChI=1S/C25H30ClN5O/c1-17-7-9-21(10-8-17)28-25(32)19-5-3-12-30(16-19)24-23-15-22(29-31(23)13-11-27-24)18-4-2-6-20(26)14-18/h2,4,6,11,13-15,17,19,21H,3,5,7-10,12,16H2,1H3,(H,28,32)/t17?,19-,21?/m0/s1. The van der Waals surface area contributed by atoms with Crippen molar-refractivity contribution in [3.05, 3.63) is 47.7 Å².